The largest absolute Gasteiger partial charge is 0.494 e. The minimum absolute atomic E-state index is 0.0251. The van der Waals surface area contributed by atoms with Crippen LogP contribution in [0.4, 0.5) is 22.9 Å². The third-order valence-corrected chi connectivity index (χ3v) is 6.07. The third-order valence-electron chi connectivity index (χ3n) is 6.07. The molecule has 0 atom stereocenters. The van der Waals surface area contributed by atoms with Gasteiger partial charge in [0, 0.05) is 36.0 Å². The second-order valence-electron chi connectivity index (χ2n) is 8.63. The molecule has 3 aromatic rings. The van der Waals surface area contributed by atoms with Crippen molar-refractivity contribution in [3.63, 3.8) is 0 Å². The fourth-order valence-corrected chi connectivity index (χ4v) is 4.05. The maximum Gasteiger partial charge on any atom is 0.273 e. The van der Waals surface area contributed by atoms with Crippen LogP contribution < -0.4 is 25.6 Å². The summed E-state index contributed by atoms with van der Waals surface area (Å²) in [5.41, 5.74) is 1.29. The van der Waals surface area contributed by atoms with E-state index in [9.17, 15) is 14.4 Å². The highest BCUT2D eigenvalue weighted by Gasteiger charge is 2.30. The van der Waals surface area contributed by atoms with Gasteiger partial charge in [0.25, 0.3) is 5.91 Å². The number of ether oxygens (including phenoxy) is 1. The first kappa shape index (κ1) is 20.6. The van der Waals surface area contributed by atoms with Crippen molar-refractivity contribution in [2.75, 3.05) is 36.2 Å². The van der Waals surface area contributed by atoms with Gasteiger partial charge in [0.1, 0.15) is 0 Å². The lowest BCUT2D eigenvalue weighted by Gasteiger charge is -2.17. The Hall–Kier alpha value is -4.61. The van der Waals surface area contributed by atoms with Crippen LogP contribution in [0.15, 0.2) is 36.7 Å². The molecule has 1 aromatic carbocycles. The second-order valence-corrected chi connectivity index (χ2v) is 8.63. The standard InChI is InChI=1S/C25H26N8O4/c1-26-25(36)21-18(11-19(31-32-21)30-24(35)14-8-9-14)29-17-6-3-5-16(22(17)37-2)23-27-12-15(13-28-23)33-10-4-7-20(33)34/h3,5-6,11-14H,4,7-10H2,1-2H3,(H,26,36)(H2,29,30,31,35)/i1D3. The van der Waals surface area contributed by atoms with Crippen LogP contribution in [0.2, 0.25) is 0 Å². The summed E-state index contributed by atoms with van der Waals surface area (Å²) in [7, 11) is 1.45. The highest BCUT2D eigenvalue weighted by Crippen LogP contribution is 2.37. The Labute approximate surface area is 217 Å². The summed E-state index contributed by atoms with van der Waals surface area (Å²) in [5.74, 6) is -0.510. The number of amides is 3. The maximum atomic E-state index is 12.7. The molecule has 190 valence electrons. The molecule has 3 amide bonds. The highest BCUT2D eigenvalue weighted by molar-refractivity contribution is 6.00. The molecule has 37 heavy (non-hydrogen) atoms. The predicted molar refractivity (Wildman–Crippen MR) is 136 cm³/mol. The van der Waals surface area contributed by atoms with E-state index in [2.05, 4.69) is 30.8 Å². The van der Waals surface area contributed by atoms with Crippen molar-refractivity contribution in [1.29, 1.82) is 0 Å². The van der Waals surface area contributed by atoms with Gasteiger partial charge in [-0.25, -0.2) is 9.97 Å². The minimum Gasteiger partial charge on any atom is -0.494 e. The Morgan fingerprint density at radius 2 is 1.97 bits per heavy atom. The fraction of sp³-hybridized carbons (Fsp3) is 0.320. The molecule has 1 saturated carbocycles. The van der Waals surface area contributed by atoms with Crippen LogP contribution in [0.5, 0.6) is 5.75 Å². The van der Waals surface area contributed by atoms with Crippen LogP contribution in [0.3, 0.4) is 0 Å². The number of hydrogen-bond acceptors (Lipinski definition) is 9. The van der Waals surface area contributed by atoms with Gasteiger partial charge in [-0.3, -0.25) is 14.4 Å². The number of para-hydroxylation sites is 1. The van der Waals surface area contributed by atoms with Gasteiger partial charge in [-0.2, -0.15) is 0 Å². The number of carbonyl (C=O) groups excluding carboxylic acids is 3. The van der Waals surface area contributed by atoms with Gasteiger partial charge in [0.05, 0.1) is 42.1 Å². The number of nitrogens with zero attached hydrogens (tertiary/aromatic N) is 5. The van der Waals surface area contributed by atoms with Crippen molar-refractivity contribution < 1.29 is 23.2 Å². The molecule has 3 heterocycles. The molecule has 5 rings (SSSR count). The van der Waals surface area contributed by atoms with Crippen LogP contribution in [0.1, 0.15) is 40.3 Å². The Bertz CT molecular complexity index is 1460. The topological polar surface area (TPSA) is 151 Å². The number of nitrogens with one attached hydrogen (secondary N) is 3. The van der Waals surface area contributed by atoms with Crippen LogP contribution in [-0.4, -0.2) is 58.5 Å². The molecule has 1 aliphatic heterocycles. The Balaban J connectivity index is 1.47. The SMILES string of the molecule is [2H]C([2H])([2H])NC(=O)c1nnc(NC(=O)C2CC2)cc1Nc1cccc(-c2ncc(N3CCCC3=O)cn2)c1OC. The summed E-state index contributed by atoms with van der Waals surface area (Å²) in [5, 5.41) is 15.4. The maximum absolute atomic E-state index is 12.7. The van der Waals surface area contributed by atoms with Crippen LogP contribution in [0.25, 0.3) is 11.4 Å². The lowest BCUT2D eigenvalue weighted by Crippen LogP contribution is -2.23. The van der Waals surface area contributed by atoms with Crippen LogP contribution in [-0.2, 0) is 9.59 Å². The van der Waals surface area contributed by atoms with Crippen molar-refractivity contribution in [2.45, 2.75) is 25.7 Å². The summed E-state index contributed by atoms with van der Waals surface area (Å²) >= 11 is 0. The zero-order valence-corrected chi connectivity index (χ0v) is 19.9. The smallest absolute Gasteiger partial charge is 0.273 e. The van der Waals surface area contributed by atoms with E-state index in [1.165, 1.54) is 13.2 Å². The van der Waals surface area contributed by atoms with Crippen molar-refractivity contribution in [2.24, 2.45) is 5.92 Å². The van der Waals surface area contributed by atoms with Crippen LogP contribution >= 0.6 is 0 Å². The summed E-state index contributed by atoms with van der Waals surface area (Å²) in [6.45, 7) is -2.14. The molecule has 0 spiro atoms. The molecule has 2 fully saturated rings. The number of benzene rings is 1. The summed E-state index contributed by atoms with van der Waals surface area (Å²) < 4.78 is 27.8. The van der Waals surface area contributed by atoms with E-state index in [-0.39, 0.29) is 34.9 Å². The first-order chi connectivity index (χ1) is 19.1. The molecular formula is C25H26N8O4. The molecule has 2 aromatic heterocycles. The van der Waals surface area contributed by atoms with Gasteiger partial charge in [0.15, 0.2) is 23.1 Å². The first-order valence-electron chi connectivity index (χ1n) is 13.2. The predicted octanol–water partition coefficient (Wildman–Crippen LogP) is 2.52. The van der Waals surface area contributed by atoms with E-state index >= 15 is 0 Å². The van der Waals surface area contributed by atoms with Gasteiger partial charge in [-0.1, -0.05) is 6.07 Å². The van der Waals surface area contributed by atoms with E-state index in [1.807, 2.05) is 5.32 Å². The lowest BCUT2D eigenvalue weighted by molar-refractivity contribution is -0.118. The van der Waals surface area contributed by atoms with E-state index in [0.29, 0.717) is 41.5 Å². The zero-order valence-electron chi connectivity index (χ0n) is 22.9. The molecular weight excluding hydrogens is 476 g/mol. The van der Waals surface area contributed by atoms with Gasteiger partial charge >= 0.3 is 0 Å². The molecule has 0 radical (unpaired) electrons. The number of methoxy groups -OCH3 is 1. The summed E-state index contributed by atoms with van der Waals surface area (Å²) in [4.78, 5) is 47.6. The fourth-order valence-electron chi connectivity index (χ4n) is 4.05. The van der Waals surface area contributed by atoms with Gasteiger partial charge in [0.2, 0.25) is 11.8 Å². The van der Waals surface area contributed by atoms with Crippen molar-refractivity contribution >= 4 is 40.6 Å². The first-order valence-corrected chi connectivity index (χ1v) is 11.7. The van der Waals surface area contributed by atoms with Crippen molar-refractivity contribution in [1.82, 2.24) is 25.5 Å². The molecule has 12 heteroatoms. The Morgan fingerprint density at radius 1 is 1.16 bits per heavy atom. The van der Waals surface area contributed by atoms with Crippen LogP contribution in [0, 0.1) is 5.92 Å². The van der Waals surface area contributed by atoms with E-state index < -0.39 is 12.9 Å². The molecule has 0 bridgehead atoms. The Morgan fingerprint density at radius 3 is 2.65 bits per heavy atom. The number of rotatable bonds is 8. The number of aromatic nitrogens is 4. The van der Waals surface area contributed by atoms with E-state index in [4.69, 9.17) is 8.85 Å². The summed E-state index contributed by atoms with van der Waals surface area (Å²) in [6.07, 6.45) is 5.99. The number of hydrogen-bond donors (Lipinski definition) is 3. The summed E-state index contributed by atoms with van der Waals surface area (Å²) in [6, 6.07) is 6.53. The van der Waals surface area contributed by atoms with Crippen molar-refractivity contribution in [3.8, 4) is 17.1 Å². The average molecular weight is 506 g/mol. The van der Waals surface area contributed by atoms with E-state index in [0.717, 1.165) is 19.3 Å². The monoisotopic (exact) mass is 505 g/mol. The zero-order chi connectivity index (χ0) is 28.4. The number of anilines is 4. The second kappa shape index (κ2) is 10.2. The van der Waals surface area contributed by atoms with Gasteiger partial charge in [-0.05, 0) is 31.4 Å². The number of carbonyl (C=O) groups is 3. The molecule has 1 aliphatic carbocycles. The average Bonchev–Trinajstić information content (AvgIpc) is 3.68. The molecule has 2 aliphatic rings. The third kappa shape index (κ3) is 5.03. The molecule has 1 saturated heterocycles. The molecule has 3 N–H and O–H groups in total. The normalized spacial score (nSPS) is 16.4. The van der Waals surface area contributed by atoms with Gasteiger partial charge in [-0.15, -0.1) is 10.2 Å². The molecule has 12 nitrogen and oxygen atoms in total. The molecule has 0 unspecified atom stereocenters. The highest BCUT2D eigenvalue weighted by atomic mass is 16.5. The van der Waals surface area contributed by atoms with E-state index in [1.54, 1.807) is 35.5 Å². The Kier molecular flexibility index (Phi) is 5.65. The quantitative estimate of drug-likeness (QED) is 0.419. The lowest BCUT2D eigenvalue weighted by atomic mass is 10.1. The minimum atomic E-state index is -2.75. The van der Waals surface area contributed by atoms with Crippen molar-refractivity contribution in [3.05, 3.63) is 42.4 Å². The van der Waals surface area contributed by atoms with Gasteiger partial charge < -0.3 is 25.6 Å².